The van der Waals surface area contributed by atoms with E-state index in [0.29, 0.717) is 23.4 Å². The topological polar surface area (TPSA) is 92.7 Å². The van der Waals surface area contributed by atoms with E-state index in [-0.39, 0.29) is 17.5 Å². The number of hydrogen-bond donors (Lipinski definition) is 2. The van der Waals surface area contributed by atoms with Crippen molar-refractivity contribution in [1.82, 2.24) is 0 Å². The Morgan fingerprint density at radius 3 is 1.75 bits per heavy atom. The number of ketones is 1. The normalized spacial score (nSPS) is 12.4. The molecular weight excluding hydrogens is 526 g/mol. The second-order valence-electron chi connectivity index (χ2n) is 12.3. The Hall–Kier alpha value is -2.08. The van der Waals surface area contributed by atoms with Crippen LogP contribution in [0.3, 0.4) is 0 Å². The molecule has 0 aliphatic carbocycles. The van der Waals surface area contributed by atoms with Crippen molar-refractivity contribution in [2.45, 2.75) is 149 Å². The molecule has 40 heavy (non-hydrogen) atoms. The molecule has 1 atom stereocenters. The molecule has 0 aliphatic rings. The Kier molecular flexibility index (Phi) is 17.2. The fourth-order valence-corrected chi connectivity index (χ4v) is 5.12. The predicted molar refractivity (Wildman–Crippen MR) is 166 cm³/mol. The van der Waals surface area contributed by atoms with Crippen LogP contribution in [0.15, 0.2) is 12.1 Å². The number of ether oxygens (including phenoxy) is 1. The average Bonchev–Trinajstić information content (AvgIpc) is 2.88. The number of unbranched alkanes of at least 4 members (excludes halogenated alkanes) is 13. The standard InChI is InChI=1S/C33H54ClNO5/c1-7-8-9-10-11-12-13-14-15-16-17-18-19-20-21-25-26(32(38)39)22-23-27(29(25)40-24(2)3)35-31(37)28(34)30(36)33(4,5)6/h22-24,28H,7-21H2,1-6H3,(H,35,37)(H,38,39). The van der Waals surface area contributed by atoms with Gasteiger partial charge in [0.1, 0.15) is 5.75 Å². The zero-order valence-electron chi connectivity index (χ0n) is 25.9. The molecule has 1 unspecified atom stereocenters. The second-order valence-corrected chi connectivity index (χ2v) is 12.7. The number of benzene rings is 1. The molecule has 1 aromatic rings. The van der Waals surface area contributed by atoms with Crippen molar-refractivity contribution >= 4 is 34.9 Å². The van der Waals surface area contributed by atoms with Gasteiger partial charge in [0, 0.05) is 11.0 Å². The van der Waals surface area contributed by atoms with E-state index in [2.05, 4.69) is 12.2 Å². The molecule has 0 heterocycles. The first-order valence-electron chi connectivity index (χ1n) is 15.4. The Labute approximate surface area is 248 Å². The van der Waals surface area contributed by atoms with Crippen molar-refractivity contribution in [3.63, 3.8) is 0 Å². The van der Waals surface area contributed by atoms with Crippen LogP contribution < -0.4 is 10.1 Å². The van der Waals surface area contributed by atoms with Crippen LogP contribution >= 0.6 is 11.6 Å². The number of aromatic carboxylic acids is 1. The van der Waals surface area contributed by atoms with Crippen LogP contribution in [0.5, 0.6) is 5.75 Å². The number of rotatable bonds is 21. The summed E-state index contributed by atoms with van der Waals surface area (Å²) in [4.78, 5) is 37.4. The number of halogens is 1. The van der Waals surface area contributed by atoms with Gasteiger partial charge in [0.15, 0.2) is 11.2 Å². The average molecular weight is 580 g/mol. The highest BCUT2D eigenvalue weighted by Crippen LogP contribution is 2.35. The molecule has 1 amide bonds. The van der Waals surface area contributed by atoms with Crippen molar-refractivity contribution in [3.05, 3.63) is 23.3 Å². The smallest absolute Gasteiger partial charge is 0.336 e. The number of carboxylic acids is 1. The first-order valence-corrected chi connectivity index (χ1v) is 15.9. The van der Waals surface area contributed by atoms with E-state index in [1.165, 1.54) is 82.8 Å². The molecule has 228 valence electrons. The zero-order valence-corrected chi connectivity index (χ0v) is 26.6. The number of carbonyl (C=O) groups excluding carboxylic acids is 2. The lowest BCUT2D eigenvalue weighted by Gasteiger charge is -2.23. The summed E-state index contributed by atoms with van der Waals surface area (Å²) in [6.45, 7) is 11.1. The van der Waals surface area contributed by atoms with E-state index < -0.39 is 22.7 Å². The summed E-state index contributed by atoms with van der Waals surface area (Å²) in [5.41, 5.74) is 0.284. The molecule has 6 nitrogen and oxygen atoms in total. The molecule has 1 rings (SSSR count). The van der Waals surface area contributed by atoms with Crippen molar-refractivity contribution < 1.29 is 24.2 Å². The van der Waals surface area contributed by atoms with E-state index in [9.17, 15) is 19.5 Å². The molecular formula is C33H54ClNO5. The van der Waals surface area contributed by atoms with Crippen molar-refractivity contribution in [2.24, 2.45) is 5.41 Å². The van der Waals surface area contributed by atoms with Gasteiger partial charge in [-0.2, -0.15) is 0 Å². The Balaban J connectivity index is 2.71. The van der Waals surface area contributed by atoms with Crippen molar-refractivity contribution in [3.8, 4) is 5.75 Å². The van der Waals surface area contributed by atoms with Gasteiger partial charge < -0.3 is 15.2 Å². The lowest BCUT2D eigenvalue weighted by atomic mass is 9.88. The maximum atomic E-state index is 12.8. The first-order chi connectivity index (χ1) is 18.9. The summed E-state index contributed by atoms with van der Waals surface area (Å²) in [5.74, 6) is -1.74. The molecule has 0 saturated carbocycles. The number of amides is 1. The molecule has 1 aromatic carbocycles. The number of Topliss-reactive ketones (excluding diaryl/α,β-unsaturated/α-hetero) is 1. The van der Waals surface area contributed by atoms with Gasteiger partial charge in [-0.15, -0.1) is 11.6 Å². The van der Waals surface area contributed by atoms with Gasteiger partial charge in [-0.1, -0.05) is 111 Å². The largest absolute Gasteiger partial charge is 0.489 e. The molecule has 0 radical (unpaired) electrons. The van der Waals surface area contributed by atoms with Gasteiger partial charge in [0.25, 0.3) is 0 Å². The second kappa shape index (κ2) is 19.1. The van der Waals surface area contributed by atoms with Crippen LogP contribution in [0.2, 0.25) is 0 Å². The highest BCUT2D eigenvalue weighted by atomic mass is 35.5. The number of nitrogens with one attached hydrogen (secondary N) is 1. The third-order valence-electron chi connectivity index (χ3n) is 7.08. The first kappa shape index (κ1) is 35.9. The van der Waals surface area contributed by atoms with Crippen LogP contribution in [0.4, 0.5) is 5.69 Å². The number of alkyl halides is 1. The number of carbonyl (C=O) groups is 3. The number of carboxylic acid groups (broad SMARTS) is 1. The number of hydrogen-bond acceptors (Lipinski definition) is 4. The fraction of sp³-hybridized carbons (Fsp3) is 0.727. The van der Waals surface area contributed by atoms with Crippen LogP contribution in [0.1, 0.15) is 147 Å². The Morgan fingerprint density at radius 1 is 0.850 bits per heavy atom. The van der Waals surface area contributed by atoms with Crippen LogP contribution in [0, 0.1) is 5.41 Å². The lowest BCUT2D eigenvalue weighted by molar-refractivity contribution is -0.130. The van der Waals surface area contributed by atoms with Crippen LogP contribution in [0.25, 0.3) is 0 Å². The fourth-order valence-electron chi connectivity index (χ4n) is 4.74. The third kappa shape index (κ3) is 13.5. The summed E-state index contributed by atoms with van der Waals surface area (Å²) >= 11 is 6.20. The van der Waals surface area contributed by atoms with Gasteiger partial charge in [-0.05, 0) is 38.8 Å². The lowest BCUT2D eigenvalue weighted by Crippen LogP contribution is -2.37. The minimum atomic E-state index is -1.36. The Bertz CT molecular complexity index is 922. The van der Waals surface area contributed by atoms with E-state index in [4.69, 9.17) is 16.3 Å². The van der Waals surface area contributed by atoms with Crippen LogP contribution in [-0.2, 0) is 16.0 Å². The van der Waals surface area contributed by atoms with E-state index >= 15 is 0 Å². The Morgan fingerprint density at radius 2 is 1.32 bits per heavy atom. The minimum absolute atomic E-state index is 0.163. The van der Waals surface area contributed by atoms with E-state index in [1.54, 1.807) is 20.8 Å². The summed E-state index contributed by atoms with van der Waals surface area (Å²) in [7, 11) is 0. The molecule has 0 fully saturated rings. The zero-order chi connectivity index (χ0) is 30.1. The predicted octanol–water partition coefficient (Wildman–Crippen LogP) is 9.36. The third-order valence-corrected chi connectivity index (χ3v) is 7.48. The van der Waals surface area contributed by atoms with Gasteiger partial charge in [-0.25, -0.2) is 4.79 Å². The summed E-state index contributed by atoms with van der Waals surface area (Å²) in [6.07, 6.45) is 17.7. The van der Waals surface area contributed by atoms with Gasteiger partial charge >= 0.3 is 5.97 Å². The number of anilines is 1. The molecule has 0 aromatic heterocycles. The quantitative estimate of drug-likeness (QED) is 0.0859. The van der Waals surface area contributed by atoms with Gasteiger partial charge in [0.05, 0.1) is 17.4 Å². The molecule has 7 heteroatoms. The van der Waals surface area contributed by atoms with Crippen molar-refractivity contribution in [1.29, 1.82) is 0 Å². The van der Waals surface area contributed by atoms with Crippen molar-refractivity contribution in [2.75, 3.05) is 5.32 Å². The maximum Gasteiger partial charge on any atom is 0.336 e. The summed E-state index contributed by atoms with van der Waals surface area (Å²) in [6, 6.07) is 3.00. The minimum Gasteiger partial charge on any atom is -0.489 e. The molecule has 0 aliphatic heterocycles. The molecule has 0 bridgehead atoms. The summed E-state index contributed by atoms with van der Waals surface area (Å²) < 4.78 is 6.04. The van der Waals surface area contributed by atoms with E-state index in [0.717, 1.165) is 19.3 Å². The SMILES string of the molecule is CCCCCCCCCCCCCCCCc1c(C(=O)O)ccc(NC(=O)C(Cl)C(=O)C(C)(C)C)c1OC(C)C. The highest BCUT2D eigenvalue weighted by Gasteiger charge is 2.34. The molecule has 0 saturated heterocycles. The van der Waals surface area contributed by atoms with E-state index in [1.807, 2.05) is 13.8 Å². The molecule has 0 spiro atoms. The van der Waals surface area contributed by atoms with Gasteiger partial charge in [0.2, 0.25) is 5.91 Å². The summed E-state index contributed by atoms with van der Waals surface area (Å²) in [5, 5.41) is 11.2. The highest BCUT2D eigenvalue weighted by molar-refractivity contribution is 6.43. The monoisotopic (exact) mass is 579 g/mol. The maximum absolute atomic E-state index is 12.8. The molecule has 2 N–H and O–H groups in total. The van der Waals surface area contributed by atoms with Crippen LogP contribution in [-0.4, -0.2) is 34.2 Å². The van der Waals surface area contributed by atoms with Gasteiger partial charge in [-0.3, -0.25) is 9.59 Å².